The number of hydrogen-bond donors (Lipinski definition) is 0. The minimum atomic E-state index is 1.10. The molecule has 0 bridgehead atoms. The minimum Gasteiger partial charge on any atom is -0.335 e. The molecule has 0 saturated carbocycles. The van der Waals surface area contributed by atoms with E-state index in [9.17, 15) is 0 Å². The van der Waals surface area contributed by atoms with Crippen molar-refractivity contribution in [2.75, 3.05) is 0 Å². The molecule has 0 spiro atoms. The number of nitrogens with zero attached hydrogens (tertiary/aromatic N) is 2. The summed E-state index contributed by atoms with van der Waals surface area (Å²) in [6.07, 6.45) is 7.43. The Kier molecular flexibility index (Phi) is 3.14. The summed E-state index contributed by atoms with van der Waals surface area (Å²) in [5.41, 5.74) is 0. The summed E-state index contributed by atoms with van der Waals surface area (Å²) >= 11 is 0. The van der Waals surface area contributed by atoms with Gasteiger partial charge in [0, 0.05) is 25.4 Å². The Labute approximate surface area is 68.3 Å². The molecule has 0 aromatic carbocycles. The first-order chi connectivity index (χ1) is 5.38. The highest BCUT2D eigenvalue weighted by Gasteiger charge is 1.98. The smallest absolute Gasteiger partial charge is 0.108 e. The van der Waals surface area contributed by atoms with Crippen LogP contribution < -0.4 is 0 Å². The van der Waals surface area contributed by atoms with Crippen LogP contribution in [0.2, 0.25) is 0 Å². The second-order valence-electron chi connectivity index (χ2n) is 2.79. The van der Waals surface area contributed by atoms with E-state index in [-0.39, 0.29) is 0 Å². The van der Waals surface area contributed by atoms with Gasteiger partial charge in [-0.05, 0) is 12.8 Å². The molecule has 0 unspecified atom stereocenters. The summed E-state index contributed by atoms with van der Waals surface area (Å²) in [6.45, 7) is 5.48. The number of imidazole rings is 1. The van der Waals surface area contributed by atoms with Crippen LogP contribution in [0.3, 0.4) is 0 Å². The average molecular weight is 152 g/mol. The molecule has 2 nitrogen and oxygen atoms in total. The lowest BCUT2D eigenvalue weighted by atomic mass is 10.3. The van der Waals surface area contributed by atoms with E-state index in [0.29, 0.717) is 0 Å². The van der Waals surface area contributed by atoms with Gasteiger partial charge in [0.1, 0.15) is 5.82 Å². The van der Waals surface area contributed by atoms with Crippen LogP contribution in [0.15, 0.2) is 12.4 Å². The lowest BCUT2D eigenvalue weighted by Gasteiger charge is -2.03. The van der Waals surface area contributed by atoms with E-state index in [1.165, 1.54) is 18.7 Å². The fourth-order valence-corrected chi connectivity index (χ4v) is 1.24. The monoisotopic (exact) mass is 152 g/mol. The molecule has 62 valence electrons. The lowest BCUT2D eigenvalue weighted by Crippen LogP contribution is -2.01. The molecular formula is C9H16N2. The van der Waals surface area contributed by atoms with Crippen LogP contribution >= 0.6 is 0 Å². The van der Waals surface area contributed by atoms with Crippen LogP contribution in [0.5, 0.6) is 0 Å². The quantitative estimate of drug-likeness (QED) is 0.647. The number of aromatic nitrogens is 2. The maximum atomic E-state index is 4.29. The van der Waals surface area contributed by atoms with Gasteiger partial charge in [0.05, 0.1) is 0 Å². The Hall–Kier alpha value is -0.790. The van der Waals surface area contributed by atoms with E-state index in [0.717, 1.165) is 13.0 Å². The first-order valence-corrected chi connectivity index (χ1v) is 4.38. The van der Waals surface area contributed by atoms with Crippen molar-refractivity contribution in [2.24, 2.45) is 0 Å². The Bertz CT molecular complexity index is 183. The zero-order valence-electron chi connectivity index (χ0n) is 7.38. The van der Waals surface area contributed by atoms with Crippen molar-refractivity contribution < 1.29 is 0 Å². The highest BCUT2D eigenvalue weighted by molar-refractivity contribution is 4.91. The van der Waals surface area contributed by atoms with Crippen molar-refractivity contribution in [3.8, 4) is 0 Å². The molecule has 0 N–H and O–H groups in total. The molecule has 0 amide bonds. The maximum Gasteiger partial charge on any atom is 0.108 e. The predicted molar refractivity (Wildman–Crippen MR) is 46.5 cm³/mol. The van der Waals surface area contributed by atoms with Crippen LogP contribution in [0.4, 0.5) is 0 Å². The summed E-state index contributed by atoms with van der Waals surface area (Å²) in [6, 6.07) is 0. The van der Waals surface area contributed by atoms with Gasteiger partial charge in [0.25, 0.3) is 0 Å². The van der Waals surface area contributed by atoms with Crippen LogP contribution in [-0.2, 0) is 13.0 Å². The molecule has 0 saturated heterocycles. The predicted octanol–water partition coefficient (Wildman–Crippen LogP) is 2.25. The Balaban J connectivity index is 2.62. The first-order valence-electron chi connectivity index (χ1n) is 4.38. The molecule has 1 aromatic rings. The fraction of sp³-hybridized carbons (Fsp3) is 0.667. The normalized spacial score (nSPS) is 10.4. The molecule has 0 atom stereocenters. The third-order valence-corrected chi connectivity index (χ3v) is 1.74. The van der Waals surface area contributed by atoms with Gasteiger partial charge < -0.3 is 4.57 Å². The molecule has 11 heavy (non-hydrogen) atoms. The summed E-state index contributed by atoms with van der Waals surface area (Å²) < 4.78 is 2.24. The van der Waals surface area contributed by atoms with Gasteiger partial charge in [-0.15, -0.1) is 0 Å². The van der Waals surface area contributed by atoms with E-state index in [4.69, 9.17) is 0 Å². The SMILES string of the molecule is CCCc1nccn1CCC. The largest absolute Gasteiger partial charge is 0.335 e. The number of hydrogen-bond acceptors (Lipinski definition) is 1. The highest BCUT2D eigenvalue weighted by atomic mass is 15.1. The third kappa shape index (κ3) is 2.07. The van der Waals surface area contributed by atoms with Crippen LogP contribution in [-0.4, -0.2) is 9.55 Å². The molecule has 0 aliphatic carbocycles. The van der Waals surface area contributed by atoms with E-state index in [1.54, 1.807) is 0 Å². The Morgan fingerprint density at radius 3 is 2.82 bits per heavy atom. The molecule has 0 radical (unpaired) electrons. The maximum absolute atomic E-state index is 4.29. The second kappa shape index (κ2) is 4.16. The average Bonchev–Trinajstić information content (AvgIpc) is 2.39. The molecule has 1 aromatic heterocycles. The van der Waals surface area contributed by atoms with Crippen LogP contribution in [0.25, 0.3) is 0 Å². The molecule has 1 rings (SSSR count). The van der Waals surface area contributed by atoms with Crippen molar-refractivity contribution in [1.82, 2.24) is 9.55 Å². The molecule has 0 aliphatic rings. The first kappa shape index (κ1) is 8.31. The fourth-order valence-electron chi connectivity index (χ4n) is 1.24. The molecule has 2 heteroatoms. The lowest BCUT2D eigenvalue weighted by molar-refractivity contribution is 0.630. The minimum absolute atomic E-state index is 1.10. The van der Waals surface area contributed by atoms with Crippen LogP contribution in [0, 0.1) is 0 Å². The van der Waals surface area contributed by atoms with E-state index in [2.05, 4.69) is 29.6 Å². The highest BCUT2D eigenvalue weighted by Crippen LogP contribution is 2.01. The molecule has 0 fully saturated rings. The zero-order valence-corrected chi connectivity index (χ0v) is 7.38. The third-order valence-electron chi connectivity index (χ3n) is 1.74. The van der Waals surface area contributed by atoms with E-state index < -0.39 is 0 Å². The van der Waals surface area contributed by atoms with Crippen molar-refractivity contribution >= 4 is 0 Å². The van der Waals surface area contributed by atoms with Crippen molar-refractivity contribution in [3.63, 3.8) is 0 Å². The summed E-state index contributed by atoms with van der Waals surface area (Å²) in [5.74, 6) is 1.23. The van der Waals surface area contributed by atoms with E-state index in [1.807, 2.05) is 6.20 Å². The molecule has 0 aliphatic heterocycles. The zero-order chi connectivity index (χ0) is 8.10. The topological polar surface area (TPSA) is 17.8 Å². The Morgan fingerprint density at radius 2 is 2.18 bits per heavy atom. The van der Waals surface area contributed by atoms with Gasteiger partial charge >= 0.3 is 0 Å². The van der Waals surface area contributed by atoms with E-state index >= 15 is 0 Å². The van der Waals surface area contributed by atoms with Crippen molar-refractivity contribution in [1.29, 1.82) is 0 Å². The van der Waals surface area contributed by atoms with Crippen molar-refractivity contribution in [3.05, 3.63) is 18.2 Å². The van der Waals surface area contributed by atoms with Gasteiger partial charge in [-0.3, -0.25) is 0 Å². The number of aryl methyl sites for hydroxylation is 2. The Morgan fingerprint density at radius 1 is 1.36 bits per heavy atom. The van der Waals surface area contributed by atoms with Gasteiger partial charge in [0.15, 0.2) is 0 Å². The second-order valence-corrected chi connectivity index (χ2v) is 2.79. The van der Waals surface area contributed by atoms with Gasteiger partial charge in [0.2, 0.25) is 0 Å². The summed E-state index contributed by atoms with van der Waals surface area (Å²) in [5, 5.41) is 0. The van der Waals surface area contributed by atoms with Crippen molar-refractivity contribution in [2.45, 2.75) is 39.7 Å². The standard InChI is InChI=1S/C9H16N2/c1-3-5-9-10-6-8-11(9)7-4-2/h6,8H,3-5,7H2,1-2H3. The molecular weight excluding hydrogens is 136 g/mol. The molecule has 1 heterocycles. The summed E-state index contributed by atoms with van der Waals surface area (Å²) in [4.78, 5) is 4.29. The van der Waals surface area contributed by atoms with Gasteiger partial charge in [-0.1, -0.05) is 13.8 Å². The van der Waals surface area contributed by atoms with Crippen LogP contribution in [0.1, 0.15) is 32.5 Å². The van der Waals surface area contributed by atoms with Gasteiger partial charge in [-0.25, -0.2) is 4.98 Å². The number of rotatable bonds is 4. The summed E-state index contributed by atoms with van der Waals surface area (Å²) in [7, 11) is 0. The van der Waals surface area contributed by atoms with Gasteiger partial charge in [-0.2, -0.15) is 0 Å².